The Morgan fingerprint density at radius 2 is 1.84 bits per heavy atom. The monoisotopic (exact) mass is 513 g/mol. The van der Waals surface area contributed by atoms with Gasteiger partial charge in [-0.15, -0.1) is 0 Å². The van der Waals surface area contributed by atoms with E-state index in [9.17, 15) is 8.42 Å². The number of benzene rings is 1. The lowest BCUT2D eigenvalue weighted by atomic mass is 10.0. The van der Waals surface area contributed by atoms with Crippen LogP contribution in [-0.4, -0.2) is 34.2 Å². The molecule has 1 N–H and O–H groups in total. The summed E-state index contributed by atoms with van der Waals surface area (Å²) in [5.74, 6) is 0.742. The van der Waals surface area contributed by atoms with Crippen molar-refractivity contribution >= 4 is 21.1 Å². The maximum Gasteiger partial charge on any atom is 0.240 e. The summed E-state index contributed by atoms with van der Waals surface area (Å²) in [6.07, 6.45) is 7.49. The van der Waals surface area contributed by atoms with Crippen LogP contribution in [0.2, 0.25) is 0 Å². The molecule has 0 saturated heterocycles. The highest BCUT2D eigenvalue weighted by atomic mass is 32.2. The van der Waals surface area contributed by atoms with Crippen LogP contribution in [0.25, 0.3) is 33.3 Å². The number of aromatic nitrogens is 4. The molecular weight excluding hydrogens is 486 g/mol. The zero-order valence-electron chi connectivity index (χ0n) is 20.8. The van der Waals surface area contributed by atoms with Gasteiger partial charge in [0.25, 0.3) is 0 Å². The topological polar surface area (TPSA) is 103 Å². The first kappa shape index (κ1) is 23.6. The Balaban J connectivity index is 1.48. The summed E-state index contributed by atoms with van der Waals surface area (Å²) in [5, 5.41) is 4.11. The standard InChI is InChI=1S/C28H27N5O3S/c1-17-27(19(3)36-31-17)21-14-26-28(30-15-21)24(16-33(26)18(2)25-6-4-5-13-29-25)20-7-11-23(12-8-20)37(34,35)32-22-9-10-22/h4-8,11-16,18,22,32H,9-10H2,1-3H3/t18-/m0/s1. The van der Waals surface area contributed by atoms with Crippen LogP contribution < -0.4 is 4.72 Å². The van der Waals surface area contributed by atoms with Gasteiger partial charge in [0.2, 0.25) is 10.0 Å². The highest BCUT2D eigenvalue weighted by Crippen LogP contribution is 2.36. The molecule has 4 heterocycles. The van der Waals surface area contributed by atoms with Crippen molar-refractivity contribution in [1.82, 2.24) is 24.4 Å². The van der Waals surface area contributed by atoms with Crippen LogP contribution in [0.4, 0.5) is 0 Å². The van der Waals surface area contributed by atoms with Gasteiger partial charge < -0.3 is 9.09 Å². The number of nitrogens with zero attached hydrogens (tertiary/aromatic N) is 4. The minimum Gasteiger partial charge on any atom is -0.361 e. The lowest BCUT2D eigenvalue weighted by Gasteiger charge is -2.15. The Kier molecular flexibility index (Phi) is 5.69. The minimum atomic E-state index is -3.52. The van der Waals surface area contributed by atoms with Crippen LogP contribution in [0.3, 0.4) is 0 Å². The molecule has 0 bridgehead atoms. The molecule has 1 aromatic carbocycles. The molecule has 1 fully saturated rings. The molecule has 0 radical (unpaired) electrons. The normalized spacial score (nSPS) is 14.8. The minimum absolute atomic E-state index is 0.0541. The Bertz CT molecular complexity index is 1680. The van der Waals surface area contributed by atoms with Gasteiger partial charge in [0, 0.05) is 41.3 Å². The van der Waals surface area contributed by atoms with Crippen LogP contribution in [0.5, 0.6) is 0 Å². The highest BCUT2D eigenvalue weighted by molar-refractivity contribution is 7.89. The van der Waals surface area contributed by atoms with Crippen LogP contribution >= 0.6 is 0 Å². The van der Waals surface area contributed by atoms with Gasteiger partial charge in [-0.25, -0.2) is 13.1 Å². The third-order valence-electron chi connectivity index (χ3n) is 6.90. The second-order valence-electron chi connectivity index (χ2n) is 9.59. The van der Waals surface area contributed by atoms with Gasteiger partial charge in [-0.1, -0.05) is 23.4 Å². The van der Waals surface area contributed by atoms with Crippen LogP contribution in [0, 0.1) is 13.8 Å². The lowest BCUT2D eigenvalue weighted by Crippen LogP contribution is -2.25. The Labute approximate surface area is 215 Å². The Morgan fingerprint density at radius 1 is 1.05 bits per heavy atom. The molecular formula is C28H27N5O3S. The summed E-state index contributed by atoms with van der Waals surface area (Å²) in [7, 11) is -3.52. The molecule has 4 aromatic heterocycles. The highest BCUT2D eigenvalue weighted by Gasteiger charge is 2.28. The van der Waals surface area contributed by atoms with Crippen molar-refractivity contribution in [3.05, 3.63) is 84.3 Å². The molecule has 0 amide bonds. The molecule has 1 aliphatic rings. The van der Waals surface area contributed by atoms with Gasteiger partial charge >= 0.3 is 0 Å². The van der Waals surface area contributed by atoms with E-state index in [0.29, 0.717) is 0 Å². The van der Waals surface area contributed by atoms with Gasteiger partial charge in [-0.05, 0) is 69.5 Å². The second kappa shape index (κ2) is 8.93. The SMILES string of the molecule is Cc1noc(C)c1-c1cnc2c(-c3ccc(S(=O)(=O)NC4CC4)cc3)cn([C@@H](C)c3ccccn3)c2c1. The van der Waals surface area contributed by atoms with Gasteiger partial charge in [-0.2, -0.15) is 0 Å². The summed E-state index contributed by atoms with van der Waals surface area (Å²) in [5.41, 5.74) is 7.18. The summed E-state index contributed by atoms with van der Waals surface area (Å²) in [4.78, 5) is 9.71. The predicted molar refractivity (Wildman–Crippen MR) is 142 cm³/mol. The molecule has 37 heavy (non-hydrogen) atoms. The smallest absolute Gasteiger partial charge is 0.240 e. The molecule has 5 aromatic rings. The molecule has 9 heteroatoms. The van der Waals surface area contributed by atoms with Gasteiger partial charge in [0.05, 0.1) is 33.4 Å². The summed E-state index contributed by atoms with van der Waals surface area (Å²) < 4.78 is 35.6. The van der Waals surface area contributed by atoms with E-state index >= 15 is 0 Å². The van der Waals surface area contributed by atoms with E-state index < -0.39 is 10.0 Å². The maximum absolute atomic E-state index is 12.7. The molecule has 1 atom stereocenters. The van der Waals surface area contributed by atoms with Crippen LogP contribution in [0.15, 0.2) is 76.5 Å². The van der Waals surface area contributed by atoms with Crippen molar-refractivity contribution in [2.45, 2.75) is 50.6 Å². The lowest BCUT2D eigenvalue weighted by molar-refractivity contribution is 0.393. The average molecular weight is 514 g/mol. The molecule has 8 nitrogen and oxygen atoms in total. The fraction of sp³-hybridized carbons (Fsp3) is 0.250. The van der Waals surface area contributed by atoms with E-state index in [1.54, 1.807) is 18.3 Å². The number of hydrogen-bond acceptors (Lipinski definition) is 6. The van der Waals surface area contributed by atoms with Crippen molar-refractivity contribution in [1.29, 1.82) is 0 Å². The third kappa shape index (κ3) is 4.34. The van der Waals surface area contributed by atoms with E-state index in [1.807, 2.05) is 50.4 Å². The summed E-state index contributed by atoms with van der Waals surface area (Å²) in [6, 6.07) is 15.0. The first-order chi connectivity index (χ1) is 17.8. The average Bonchev–Trinajstić information content (AvgIpc) is 3.53. The number of sulfonamides is 1. The number of hydrogen-bond donors (Lipinski definition) is 1. The van der Waals surface area contributed by atoms with Crippen LogP contribution in [-0.2, 0) is 10.0 Å². The first-order valence-corrected chi connectivity index (χ1v) is 13.8. The molecule has 0 spiro atoms. The molecule has 0 unspecified atom stereocenters. The number of pyridine rings is 2. The largest absolute Gasteiger partial charge is 0.361 e. The fourth-order valence-corrected chi connectivity index (χ4v) is 6.06. The number of rotatable bonds is 7. The zero-order valence-corrected chi connectivity index (χ0v) is 21.7. The molecule has 1 aliphatic carbocycles. The summed E-state index contributed by atoms with van der Waals surface area (Å²) in [6.45, 7) is 5.92. The number of aryl methyl sites for hydroxylation is 2. The van der Waals surface area contributed by atoms with Crippen molar-refractivity contribution in [3.8, 4) is 22.3 Å². The third-order valence-corrected chi connectivity index (χ3v) is 8.44. The van der Waals surface area contributed by atoms with Crippen molar-refractivity contribution in [2.75, 3.05) is 0 Å². The molecule has 1 saturated carbocycles. The van der Waals surface area contributed by atoms with E-state index in [0.717, 1.165) is 63.3 Å². The predicted octanol–water partition coefficient (Wildman–Crippen LogP) is 5.42. The van der Waals surface area contributed by atoms with Crippen molar-refractivity contribution in [3.63, 3.8) is 0 Å². The maximum atomic E-state index is 12.7. The van der Waals surface area contributed by atoms with Gasteiger partial charge in [0.1, 0.15) is 5.76 Å². The van der Waals surface area contributed by atoms with Crippen LogP contribution in [0.1, 0.15) is 43.0 Å². The van der Waals surface area contributed by atoms with Crippen molar-refractivity contribution < 1.29 is 12.9 Å². The van der Waals surface area contributed by atoms with Crippen molar-refractivity contribution in [2.24, 2.45) is 0 Å². The van der Waals surface area contributed by atoms with Gasteiger partial charge in [0.15, 0.2) is 0 Å². The second-order valence-corrected chi connectivity index (χ2v) is 11.3. The Hall–Kier alpha value is -3.82. The molecule has 6 rings (SSSR count). The van der Waals surface area contributed by atoms with E-state index in [4.69, 9.17) is 9.51 Å². The molecule has 0 aliphatic heterocycles. The molecule has 188 valence electrons. The fourth-order valence-electron chi connectivity index (χ4n) is 4.76. The number of nitrogens with one attached hydrogen (secondary N) is 1. The summed E-state index contributed by atoms with van der Waals surface area (Å²) >= 11 is 0. The van der Waals surface area contributed by atoms with E-state index in [2.05, 4.69) is 38.6 Å². The Morgan fingerprint density at radius 3 is 2.49 bits per heavy atom. The van der Waals surface area contributed by atoms with E-state index in [1.165, 1.54) is 0 Å². The first-order valence-electron chi connectivity index (χ1n) is 12.3. The van der Waals surface area contributed by atoms with E-state index in [-0.39, 0.29) is 17.0 Å². The van der Waals surface area contributed by atoms with Gasteiger partial charge in [-0.3, -0.25) is 9.97 Å². The quantitative estimate of drug-likeness (QED) is 0.312. The number of fused-ring (bicyclic) bond motifs is 1. The zero-order chi connectivity index (χ0) is 25.7.